The number of aliphatic carboxylic acids is 1. The highest BCUT2D eigenvalue weighted by molar-refractivity contribution is 5.87. The summed E-state index contributed by atoms with van der Waals surface area (Å²) >= 11 is 0. The monoisotopic (exact) mass is 295 g/mol. The molecule has 6 heteroatoms. The molecule has 0 aromatic heterocycles. The fourth-order valence-electron chi connectivity index (χ4n) is 2.31. The Morgan fingerprint density at radius 1 is 1.48 bits per heavy atom. The van der Waals surface area contributed by atoms with E-state index in [9.17, 15) is 19.1 Å². The standard InChI is InChI=1S/C15H18FNO4/c1-15(2)7-9(15)13(18)17-12(14(19)20)8-4-5-11(21-3)10(16)6-8/h4-6,9,12H,7H2,1-3H3,(H,17,18)(H,19,20). The third kappa shape index (κ3) is 3.15. The van der Waals surface area contributed by atoms with Crippen molar-refractivity contribution in [3.05, 3.63) is 29.6 Å². The average Bonchev–Trinajstić information content (AvgIpc) is 3.04. The average molecular weight is 295 g/mol. The molecule has 1 aliphatic rings. The topological polar surface area (TPSA) is 75.6 Å². The van der Waals surface area contributed by atoms with Crippen molar-refractivity contribution < 1.29 is 23.8 Å². The molecule has 0 heterocycles. The second kappa shape index (κ2) is 5.35. The molecule has 21 heavy (non-hydrogen) atoms. The number of rotatable bonds is 5. The molecule has 2 atom stereocenters. The van der Waals surface area contributed by atoms with Gasteiger partial charge in [-0.3, -0.25) is 4.79 Å². The summed E-state index contributed by atoms with van der Waals surface area (Å²) in [6.07, 6.45) is 0.724. The molecule has 5 nitrogen and oxygen atoms in total. The second-order valence-corrected chi connectivity index (χ2v) is 5.92. The maximum absolute atomic E-state index is 13.7. The van der Waals surface area contributed by atoms with Crippen LogP contribution in [0.2, 0.25) is 0 Å². The Hall–Kier alpha value is -2.11. The van der Waals surface area contributed by atoms with E-state index in [1.54, 1.807) is 0 Å². The highest BCUT2D eigenvalue weighted by Gasteiger charge is 2.51. The first-order chi connectivity index (χ1) is 9.76. The van der Waals surface area contributed by atoms with E-state index in [1.807, 2.05) is 13.8 Å². The van der Waals surface area contributed by atoms with Gasteiger partial charge in [0.15, 0.2) is 17.6 Å². The van der Waals surface area contributed by atoms with Crippen molar-refractivity contribution in [2.75, 3.05) is 7.11 Å². The summed E-state index contributed by atoms with van der Waals surface area (Å²) in [4.78, 5) is 23.4. The van der Waals surface area contributed by atoms with Gasteiger partial charge in [0, 0.05) is 5.92 Å². The zero-order chi connectivity index (χ0) is 15.8. The molecule has 1 aliphatic carbocycles. The van der Waals surface area contributed by atoms with E-state index in [4.69, 9.17) is 4.74 Å². The lowest BCUT2D eigenvalue weighted by Crippen LogP contribution is -2.35. The van der Waals surface area contributed by atoms with E-state index < -0.39 is 17.8 Å². The molecule has 0 radical (unpaired) electrons. The molecule has 114 valence electrons. The molecular formula is C15H18FNO4. The van der Waals surface area contributed by atoms with Crippen molar-refractivity contribution in [1.29, 1.82) is 0 Å². The van der Waals surface area contributed by atoms with E-state index >= 15 is 0 Å². The summed E-state index contributed by atoms with van der Waals surface area (Å²) in [5.41, 5.74) is 0.0748. The minimum atomic E-state index is -1.27. The first-order valence-corrected chi connectivity index (χ1v) is 6.63. The number of methoxy groups -OCH3 is 1. The van der Waals surface area contributed by atoms with Crippen LogP contribution in [0.3, 0.4) is 0 Å². The van der Waals surface area contributed by atoms with Gasteiger partial charge in [-0.25, -0.2) is 9.18 Å². The van der Waals surface area contributed by atoms with Crippen LogP contribution < -0.4 is 10.1 Å². The van der Waals surface area contributed by atoms with Crippen LogP contribution in [0.1, 0.15) is 31.9 Å². The smallest absolute Gasteiger partial charge is 0.330 e. The van der Waals surface area contributed by atoms with Crippen molar-refractivity contribution in [3.63, 3.8) is 0 Å². The molecule has 1 aromatic rings. The SMILES string of the molecule is COc1ccc(C(NC(=O)C2CC2(C)C)C(=O)O)cc1F. The van der Waals surface area contributed by atoms with Crippen molar-refractivity contribution >= 4 is 11.9 Å². The number of carbonyl (C=O) groups excluding carboxylic acids is 1. The Kier molecular flexibility index (Phi) is 3.89. The van der Waals surface area contributed by atoms with Crippen LogP contribution in [0.15, 0.2) is 18.2 Å². The summed E-state index contributed by atoms with van der Waals surface area (Å²) in [7, 11) is 1.32. The minimum absolute atomic E-state index is 0.0255. The summed E-state index contributed by atoms with van der Waals surface area (Å²) in [6.45, 7) is 3.89. The predicted octanol–water partition coefficient (Wildman–Crippen LogP) is 2.12. The number of halogens is 1. The predicted molar refractivity (Wildman–Crippen MR) is 73.4 cm³/mol. The fourth-order valence-corrected chi connectivity index (χ4v) is 2.31. The Balaban J connectivity index is 2.18. The zero-order valence-electron chi connectivity index (χ0n) is 12.1. The molecule has 2 N–H and O–H groups in total. The third-order valence-electron chi connectivity index (χ3n) is 3.87. The maximum Gasteiger partial charge on any atom is 0.330 e. The van der Waals surface area contributed by atoms with Gasteiger partial charge in [-0.2, -0.15) is 0 Å². The molecule has 0 bridgehead atoms. The van der Waals surface area contributed by atoms with Crippen LogP contribution in [-0.4, -0.2) is 24.1 Å². The largest absolute Gasteiger partial charge is 0.494 e. The summed E-state index contributed by atoms with van der Waals surface area (Å²) < 4.78 is 18.5. The molecule has 0 aliphatic heterocycles. The van der Waals surface area contributed by atoms with Gasteiger partial charge in [-0.15, -0.1) is 0 Å². The van der Waals surface area contributed by atoms with Crippen molar-refractivity contribution in [2.24, 2.45) is 11.3 Å². The van der Waals surface area contributed by atoms with E-state index in [1.165, 1.54) is 19.2 Å². The van der Waals surface area contributed by atoms with Gasteiger partial charge < -0.3 is 15.2 Å². The summed E-state index contributed by atoms with van der Waals surface area (Å²) in [5, 5.41) is 11.7. The van der Waals surface area contributed by atoms with Gasteiger partial charge in [0.2, 0.25) is 5.91 Å². The molecule has 2 rings (SSSR count). The molecule has 1 amide bonds. The van der Waals surface area contributed by atoms with Crippen LogP contribution in [-0.2, 0) is 9.59 Å². The van der Waals surface area contributed by atoms with Crippen molar-refractivity contribution in [1.82, 2.24) is 5.32 Å². The lowest BCUT2D eigenvalue weighted by Gasteiger charge is -2.16. The number of hydrogen-bond acceptors (Lipinski definition) is 3. The van der Waals surface area contributed by atoms with E-state index in [-0.39, 0.29) is 28.6 Å². The molecule has 1 fully saturated rings. The number of ether oxygens (including phenoxy) is 1. The summed E-state index contributed by atoms with van der Waals surface area (Å²) in [6, 6.07) is 2.57. The normalized spacial score (nSPS) is 20.5. The molecular weight excluding hydrogens is 277 g/mol. The molecule has 2 unspecified atom stereocenters. The Morgan fingerprint density at radius 3 is 2.52 bits per heavy atom. The van der Waals surface area contributed by atoms with E-state index in [2.05, 4.69) is 5.32 Å². The number of carboxylic acid groups (broad SMARTS) is 1. The second-order valence-electron chi connectivity index (χ2n) is 5.92. The maximum atomic E-state index is 13.7. The van der Waals surface area contributed by atoms with Crippen LogP contribution in [0, 0.1) is 17.2 Å². The zero-order valence-corrected chi connectivity index (χ0v) is 12.1. The summed E-state index contributed by atoms with van der Waals surface area (Å²) in [5.74, 6) is -2.38. The molecule has 0 spiro atoms. The lowest BCUT2D eigenvalue weighted by atomic mass is 10.0. The molecule has 1 aromatic carbocycles. The van der Waals surface area contributed by atoms with Crippen molar-refractivity contribution in [3.8, 4) is 5.75 Å². The van der Waals surface area contributed by atoms with Crippen molar-refractivity contribution in [2.45, 2.75) is 26.3 Å². The van der Waals surface area contributed by atoms with E-state index in [0.29, 0.717) is 0 Å². The van der Waals surface area contributed by atoms with E-state index in [0.717, 1.165) is 12.5 Å². The number of carbonyl (C=O) groups is 2. The van der Waals surface area contributed by atoms with Gasteiger partial charge in [0.1, 0.15) is 0 Å². The first kappa shape index (κ1) is 15.3. The number of nitrogens with one attached hydrogen (secondary N) is 1. The Labute approximate surface area is 122 Å². The number of carboxylic acids is 1. The van der Waals surface area contributed by atoms with Crippen LogP contribution in [0.25, 0.3) is 0 Å². The molecule has 0 saturated heterocycles. The van der Waals surface area contributed by atoms with Crippen LogP contribution in [0.5, 0.6) is 5.75 Å². The Morgan fingerprint density at radius 2 is 2.10 bits per heavy atom. The van der Waals surface area contributed by atoms with Crippen LogP contribution in [0.4, 0.5) is 4.39 Å². The minimum Gasteiger partial charge on any atom is -0.494 e. The molecule has 1 saturated carbocycles. The highest BCUT2D eigenvalue weighted by atomic mass is 19.1. The quantitative estimate of drug-likeness (QED) is 0.872. The number of benzene rings is 1. The first-order valence-electron chi connectivity index (χ1n) is 6.63. The lowest BCUT2D eigenvalue weighted by molar-refractivity contribution is -0.142. The van der Waals surface area contributed by atoms with Crippen LogP contribution >= 0.6 is 0 Å². The number of hydrogen-bond donors (Lipinski definition) is 2. The van der Waals surface area contributed by atoms with Gasteiger partial charge in [-0.05, 0) is 29.5 Å². The highest BCUT2D eigenvalue weighted by Crippen LogP contribution is 2.51. The number of amides is 1. The third-order valence-corrected chi connectivity index (χ3v) is 3.87. The fraction of sp³-hybridized carbons (Fsp3) is 0.467. The van der Waals surface area contributed by atoms with Gasteiger partial charge >= 0.3 is 5.97 Å². The van der Waals surface area contributed by atoms with Gasteiger partial charge in [0.25, 0.3) is 0 Å². The Bertz CT molecular complexity index is 585. The van der Waals surface area contributed by atoms with Gasteiger partial charge in [-0.1, -0.05) is 19.9 Å². The van der Waals surface area contributed by atoms with Gasteiger partial charge in [0.05, 0.1) is 7.11 Å².